The van der Waals surface area contributed by atoms with Gasteiger partial charge in [0, 0.05) is 51.1 Å². The lowest BCUT2D eigenvalue weighted by Gasteiger charge is -2.38. The van der Waals surface area contributed by atoms with Crippen molar-refractivity contribution in [2.45, 2.75) is 57.2 Å². The number of carbonyl (C=O) groups is 1. The summed E-state index contributed by atoms with van der Waals surface area (Å²) in [5.41, 5.74) is 6.07. The SMILES string of the molecule is CO[C@H]1C[C@@H](C(=O)N2CCC(CCn3cccn3)CC2)CC[C@@H]1N.Cl. The molecule has 2 fully saturated rings. The minimum Gasteiger partial charge on any atom is -0.380 e. The van der Waals surface area contributed by atoms with Gasteiger partial charge in [-0.1, -0.05) is 0 Å². The van der Waals surface area contributed by atoms with Gasteiger partial charge in [-0.3, -0.25) is 9.48 Å². The molecule has 3 rings (SSSR count). The first-order chi connectivity index (χ1) is 11.7. The number of rotatable bonds is 5. The van der Waals surface area contributed by atoms with Crippen LogP contribution >= 0.6 is 12.4 Å². The highest BCUT2D eigenvalue weighted by atomic mass is 35.5. The van der Waals surface area contributed by atoms with Gasteiger partial charge in [0.25, 0.3) is 0 Å². The fraction of sp³-hybridized carbons (Fsp3) is 0.778. The molecule has 1 aliphatic carbocycles. The van der Waals surface area contributed by atoms with Crippen LogP contribution in [0, 0.1) is 11.8 Å². The zero-order chi connectivity index (χ0) is 16.9. The molecule has 6 nitrogen and oxygen atoms in total. The third kappa shape index (κ3) is 5.19. The molecule has 1 saturated heterocycles. The van der Waals surface area contributed by atoms with Gasteiger partial charge in [-0.05, 0) is 50.5 Å². The Balaban J connectivity index is 0.00000225. The summed E-state index contributed by atoms with van der Waals surface area (Å²) >= 11 is 0. The summed E-state index contributed by atoms with van der Waals surface area (Å²) in [5, 5.41) is 4.26. The zero-order valence-electron chi connectivity index (χ0n) is 15.0. The molecule has 2 N–H and O–H groups in total. The van der Waals surface area contributed by atoms with Crippen molar-refractivity contribution >= 4 is 18.3 Å². The average molecular weight is 371 g/mol. The average Bonchev–Trinajstić information content (AvgIpc) is 3.14. The van der Waals surface area contributed by atoms with Crippen molar-refractivity contribution in [2.75, 3.05) is 20.2 Å². The van der Waals surface area contributed by atoms with E-state index in [0.717, 1.165) is 58.2 Å². The van der Waals surface area contributed by atoms with Gasteiger partial charge in [0.15, 0.2) is 0 Å². The molecule has 0 aromatic carbocycles. The maximum atomic E-state index is 12.8. The number of likely N-dealkylation sites (tertiary alicyclic amines) is 1. The van der Waals surface area contributed by atoms with Crippen molar-refractivity contribution in [1.82, 2.24) is 14.7 Å². The first-order valence-electron chi connectivity index (χ1n) is 9.22. The van der Waals surface area contributed by atoms with E-state index in [1.54, 1.807) is 7.11 Å². The summed E-state index contributed by atoms with van der Waals surface area (Å²) in [6.45, 7) is 2.76. The highest BCUT2D eigenvalue weighted by molar-refractivity contribution is 5.85. The van der Waals surface area contributed by atoms with E-state index < -0.39 is 0 Å². The molecule has 0 bridgehead atoms. The molecule has 1 saturated carbocycles. The third-order valence-corrected chi connectivity index (χ3v) is 5.75. The van der Waals surface area contributed by atoms with Crippen molar-refractivity contribution in [3.8, 4) is 0 Å². The Hall–Kier alpha value is -1.11. The van der Waals surface area contributed by atoms with Crippen LogP contribution in [0.4, 0.5) is 0 Å². The molecule has 7 heteroatoms. The van der Waals surface area contributed by atoms with E-state index >= 15 is 0 Å². The van der Waals surface area contributed by atoms with Gasteiger partial charge in [-0.15, -0.1) is 12.4 Å². The highest BCUT2D eigenvalue weighted by Gasteiger charge is 2.35. The van der Waals surface area contributed by atoms with Gasteiger partial charge >= 0.3 is 0 Å². The van der Waals surface area contributed by atoms with E-state index in [9.17, 15) is 4.79 Å². The molecule has 25 heavy (non-hydrogen) atoms. The van der Waals surface area contributed by atoms with E-state index in [-0.39, 0.29) is 30.5 Å². The summed E-state index contributed by atoms with van der Waals surface area (Å²) in [4.78, 5) is 14.9. The predicted molar refractivity (Wildman–Crippen MR) is 99.5 cm³/mol. The number of piperidine rings is 1. The Labute approximate surface area is 156 Å². The smallest absolute Gasteiger partial charge is 0.225 e. The van der Waals surface area contributed by atoms with Crippen molar-refractivity contribution < 1.29 is 9.53 Å². The van der Waals surface area contributed by atoms with Gasteiger partial charge in [0.2, 0.25) is 5.91 Å². The summed E-state index contributed by atoms with van der Waals surface area (Å²) in [6.07, 6.45) is 9.78. The van der Waals surface area contributed by atoms with Crippen molar-refractivity contribution in [3.63, 3.8) is 0 Å². The molecule has 1 aromatic heterocycles. The Kier molecular flexibility index (Phi) is 7.72. The van der Waals surface area contributed by atoms with Crippen molar-refractivity contribution in [2.24, 2.45) is 17.6 Å². The maximum absolute atomic E-state index is 12.8. The molecule has 1 amide bonds. The molecule has 142 valence electrons. The van der Waals surface area contributed by atoms with Crippen LogP contribution in [0.25, 0.3) is 0 Å². The summed E-state index contributed by atoms with van der Waals surface area (Å²) in [7, 11) is 1.70. The standard InChI is InChI=1S/C18H30N4O2.ClH/c1-24-17-13-15(3-4-16(17)19)18(23)21-10-5-14(6-11-21)7-12-22-9-2-8-20-22;/h2,8-9,14-17H,3-7,10-13,19H2,1H3;1H/t15-,16-,17-;/m0./s1. The lowest BCUT2D eigenvalue weighted by Crippen LogP contribution is -2.48. The minimum absolute atomic E-state index is 0. The van der Waals surface area contributed by atoms with Crippen LogP contribution in [-0.2, 0) is 16.1 Å². The number of nitrogens with two attached hydrogens (primary N) is 1. The minimum atomic E-state index is 0. The molecular formula is C18H31ClN4O2. The fourth-order valence-corrected chi connectivity index (χ4v) is 4.10. The molecule has 2 aliphatic rings. The summed E-state index contributed by atoms with van der Waals surface area (Å²) in [6, 6.07) is 2.04. The number of aromatic nitrogens is 2. The number of hydrogen-bond donors (Lipinski definition) is 1. The van der Waals surface area contributed by atoms with Crippen molar-refractivity contribution in [1.29, 1.82) is 0 Å². The molecular weight excluding hydrogens is 340 g/mol. The molecule has 0 unspecified atom stereocenters. The number of amides is 1. The Bertz CT molecular complexity index is 517. The van der Waals surface area contributed by atoms with E-state index in [1.807, 2.05) is 23.1 Å². The van der Waals surface area contributed by atoms with Crippen LogP contribution in [0.3, 0.4) is 0 Å². The van der Waals surface area contributed by atoms with Crippen molar-refractivity contribution in [3.05, 3.63) is 18.5 Å². The molecule has 2 heterocycles. The number of nitrogens with zero attached hydrogens (tertiary/aromatic N) is 3. The zero-order valence-corrected chi connectivity index (χ0v) is 15.9. The largest absolute Gasteiger partial charge is 0.380 e. The van der Waals surface area contributed by atoms with Crippen LogP contribution < -0.4 is 5.73 Å². The van der Waals surface area contributed by atoms with Gasteiger partial charge in [0.05, 0.1) is 6.10 Å². The van der Waals surface area contributed by atoms with Crippen LogP contribution in [0.15, 0.2) is 18.5 Å². The second kappa shape index (κ2) is 9.55. The second-order valence-electron chi connectivity index (χ2n) is 7.27. The summed E-state index contributed by atoms with van der Waals surface area (Å²) < 4.78 is 7.45. The van der Waals surface area contributed by atoms with E-state index in [2.05, 4.69) is 10.00 Å². The first kappa shape index (κ1) is 20.2. The van der Waals surface area contributed by atoms with Gasteiger partial charge < -0.3 is 15.4 Å². The lowest BCUT2D eigenvalue weighted by molar-refractivity contribution is -0.140. The number of hydrogen-bond acceptors (Lipinski definition) is 4. The fourth-order valence-electron chi connectivity index (χ4n) is 4.10. The predicted octanol–water partition coefficient (Wildman–Crippen LogP) is 2.08. The van der Waals surface area contributed by atoms with Gasteiger partial charge in [-0.25, -0.2) is 0 Å². The normalized spacial score (nSPS) is 27.8. The van der Waals surface area contributed by atoms with Crippen LogP contribution in [0.2, 0.25) is 0 Å². The molecule has 1 aliphatic heterocycles. The first-order valence-corrected chi connectivity index (χ1v) is 9.22. The van der Waals surface area contributed by atoms with Gasteiger partial charge in [-0.2, -0.15) is 5.10 Å². The topological polar surface area (TPSA) is 73.4 Å². The van der Waals surface area contributed by atoms with Crippen LogP contribution in [0.1, 0.15) is 38.5 Å². The quantitative estimate of drug-likeness (QED) is 0.861. The number of ether oxygens (including phenoxy) is 1. The Morgan fingerprint density at radius 3 is 2.68 bits per heavy atom. The Morgan fingerprint density at radius 1 is 1.28 bits per heavy atom. The number of methoxy groups -OCH3 is 1. The van der Waals surface area contributed by atoms with Crippen LogP contribution in [0.5, 0.6) is 0 Å². The highest BCUT2D eigenvalue weighted by Crippen LogP contribution is 2.29. The maximum Gasteiger partial charge on any atom is 0.225 e. The monoisotopic (exact) mass is 370 g/mol. The van der Waals surface area contributed by atoms with Crippen LogP contribution in [-0.4, -0.2) is 52.9 Å². The van der Waals surface area contributed by atoms with Gasteiger partial charge in [0.1, 0.15) is 0 Å². The molecule has 0 radical (unpaired) electrons. The van der Waals surface area contributed by atoms with E-state index in [1.165, 1.54) is 0 Å². The Morgan fingerprint density at radius 2 is 2.04 bits per heavy atom. The lowest BCUT2D eigenvalue weighted by atomic mass is 9.82. The summed E-state index contributed by atoms with van der Waals surface area (Å²) in [5.74, 6) is 1.11. The number of aryl methyl sites for hydroxylation is 1. The van der Waals surface area contributed by atoms with E-state index in [4.69, 9.17) is 10.5 Å². The number of carbonyl (C=O) groups excluding carboxylic acids is 1. The third-order valence-electron chi connectivity index (χ3n) is 5.75. The number of halogens is 1. The second-order valence-corrected chi connectivity index (χ2v) is 7.27. The van der Waals surface area contributed by atoms with E-state index in [0.29, 0.717) is 11.8 Å². The molecule has 3 atom stereocenters. The molecule has 1 aromatic rings. The molecule has 0 spiro atoms.